The van der Waals surface area contributed by atoms with E-state index in [-0.39, 0.29) is 58.9 Å². The third kappa shape index (κ3) is 17.9. The van der Waals surface area contributed by atoms with Gasteiger partial charge in [0, 0.05) is 0 Å². The molecule has 1 aliphatic carbocycles. The minimum Gasteiger partial charge on any atom is -1.00 e. The molecule has 0 amide bonds. The van der Waals surface area contributed by atoms with Gasteiger partial charge < -0.3 is 37.2 Å². The van der Waals surface area contributed by atoms with E-state index in [0.29, 0.717) is 5.92 Å². The summed E-state index contributed by atoms with van der Waals surface area (Å²) in [5, 5.41) is 3.21. The molecule has 1 unspecified atom stereocenters. The molecule has 0 aromatic heterocycles. The van der Waals surface area contributed by atoms with E-state index >= 15 is 0 Å². The summed E-state index contributed by atoms with van der Waals surface area (Å²) in [6, 6.07) is 22.2. The summed E-state index contributed by atoms with van der Waals surface area (Å²) in [4.78, 5) is 0. The van der Waals surface area contributed by atoms with Gasteiger partial charge in [-0.1, -0.05) is 188 Å². The van der Waals surface area contributed by atoms with Crippen LogP contribution in [0.4, 0.5) is 0 Å². The maximum Gasteiger partial charge on any atom is 4.00 e. The molecule has 2 aromatic carbocycles. The Balaban J connectivity index is 0. The van der Waals surface area contributed by atoms with Gasteiger partial charge in [-0.05, 0) is 12.0 Å². The molecular formula is C37H55Cl3SiTi. The van der Waals surface area contributed by atoms with E-state index in [0.717, 1.165) is 6.42 Å². The number of rotatable bonds is 21. The molecule has 1 aliphatic rings. The Morgan fingerprint density at radius 3 is 1.50 bits per heavy atom. The van der Waals surface area contributed by atoms with Crippen LogP contribution in [0.5, 0.6) is 0 Å². The fourth-order valence-electron chi connectivity index (χ4n) is 6.11. The van der Waals surface area contributed by atoms with E-state index in [2.05, 4.69) is 80.6 Å². The van der Waals surface area contributed by atoms with Gasteiger partial charge in [-0.2, -0.15) is 5.20 Å². The average molecular weight is 682 g/mol. The van der Waals surface area contributed by atoms with E-state index in [9.17, 15) is 0 Å². The Kier molecular flexibility index (Phi) is 29.5. The summed E-state index contributed by atoms with van der Waals surface area (Å²) in [6.45, 7) is 4.70. The van der Waals surface area contributed by atoms with Gasteiger partial charge in [-0.25, -0.2) is 11.1 Å². The van der Waals surface area contributed by atoms with Crippen LogP contribution in [0, 0.1) is 12.0 Å². The van der Waals surface area contributed by atoms with Crippen LogP contribution in [0.3, 0.4) is 0 Å². The summed E-state index contributed by atoms with van der Waals surface area (Å²) in [5.74, 6) is 0.646. The summed E-state index contributed by atoms with van der Waals surface area (Å²) in [7, 11) is -0.438. The van der Waals surface area contributed by atoms with Crippen LogP contribution in [-0.2, 0) is 28.1 Å². The first-order valence-corrected chi connectivity index (χ1v) is 17.6. The van der Waals surface area contributed by atoms with Crippen LogP contribution < -0.4 is 42.4 Å². The molecule has 0 aliphatic heterocycles. The third-order valence-electron chi connectivity index (χ3n) is 8.54. The number of hydrogen-bond donors (Lipinski definition) is 0. The van der Waals surface area contributed by atoms with Crippen molar-refractivity contribution < 1.29 is 58.9 Å². The number of halogens is 3. The van der Waals surface area contributed by atoms with Gasteiger partial charge in [0.05, 0.1) is 9.52 Å². The first kappa shape index (κ1) is 43.8. The Labute approximate surface area is 295 Å². The van der Waals surface area contributed by atoms with Gasteiger partial charge in [0.25, 0.3) is 0 Å². The van der Waals surface area contributed by atoms with Gasteiger partial charge >= 0.3 is 21.7 Å². The molecule has 0 N–H and O–H groups in total. The average Bonchev–Trinajstić information content (AvgIpc) is 3.22. The molecule has 1 atom stereocenters. The van der Waals surface area contributed by atoms with Crippen molar-refractivity contribution in [3.63, 3.8) is 0 Å². The quantitative estimate of drug-likeness (QED) is 0.105. The van der Waals surface area contributed by atoms with Crippen molar-refractivity contribution in [3.05, 3.63) is 88.6 Å². The Morgan fingerprint density at radius 2 is 1.02 bits per heavy atom. The second kappa shape index (κ2) is 28.2. The van der Waals surface area contributed by atoms with E-state index in [4.69, 9.17) is 0 Å². The zero-order chi connectivity index (χ0) is 26.7. The first-order chi connectivity index (χ1) is 18.8. The summed E-state index contributed by atoms with van der Waals surface area (Å²) < 4.78 is 0. The topological polar surface area (TPSA) is 0 Å². The Morgan fingerprint density at radius 1 is 0.595 bits per heavy atom. The monoisotopic (exact) mass is 680 g/mol. The summed E-state index contributed by atoms with van der Waals surface area (Å²) >= 11 is 0. The SMILES string of the molecule is CCCCCCCCCCCCCCCCCCC1C([SiH2]c2ccccc2)=[C-]C(Cc2ccccc2)=C1C.[Cl-].[Cl-].[Cl-].[Ti+4]. The molecule has 5 heteroatoms. The minimum atomic E-state index is -0.438. The third-order valence-corrected chi connectivity index (χ3v) is 10.5. The second-order valence-electron chi connectivity index (χ2n) is 11.8. The Bertz CT molecular complexity index is 946. The number of unbranched alkanes of at least 4 members (excludes halogenated alkanes) is 15. The van der Waals surface area contributed by atoms with Crippen LogP contribution in [0.15, 0.2) is 77.0 Å². The van der Waals surface area contributed by atoms with Crippen LogP contribution in [0.1, 0.15) is 129 Å². The molecule has 0 spiro atoms. The fourth-order valence-corrected chi connectivity index (χ4v) is 8.11. The normalized spacial score (nSPS) is 14.1. The molecule has 0 heterocycles. The zero-order valence-corrected chi connectivity index (χ0v) is 31.7. The predicted molar refractivity (Wildman–Crippen MR) is 172 cm³/mol. The standard InChI is InChI=1S/C37H55Si.3ClH.Ti/c1-3-4-5-6-7-8-9-10-11-12-13-14-15-16-17-24-29-36-32(2)34(30-33-25-20-18-21-26-33)31-37(36)38-35-27-22-19-23-28-35;;;;/h18-23,25-28,36H,3-17,24,29-30,38H2,1-2H3;3*1H;/q-1;;;;+4/p-3. The van der Waals surface area contributed by atoms with Crippen molar-refractivity contribution in [2.75, 3.05) is 0 Å². The molecule has 3 rings (SSSR count). The zero-order valence-electron chi connectivity index (χ0n) is 26.4. The maximum atomic E-state index is 3.95. The summed E-state index contributed by atoms with van der Waals surface area (Å²) in [5.41, 5.74) is 4.49. The first-order valence-electron chi connectivity index (χ1n) is 16.2. The fraction of sp³-hybridized carbons (Fsp3) is 0.568. The van der Waals surface area contributed by atoms with Gasteiger partial charge in [0.2, 0.25) is 0 Å². The van der Waals surface area contributed by atoms with E-state index in [1.807, 2.05) is 0 Å². The molecule has 0 saturated heterocycles. The second-order valence-corrected chi connectivity index (χ2v) is 13.7. The van der Waals surface area contributed by atoms with Crippen LogP contribution >= 0.6 is 0 Å². The largest absolute Gasteiger partial charge is 4.00 e. The number of hydrogen-bond acceptors (Lipinski definition) is 0. The van der Waals surface area contributed by atoms with Crippen LogP contribution in [-0.4, -0.2) is 9.52 Å². The van der Waals surface area contributed by atoms with Crippen molar-refractivity contribution in [3.8, 4) is 0 Å². The van der Waals surface area contributed by atoms with Gasteiger partial charge in [-0.3, -0.25) is 6.08 Å². The van der Waals surface area contributed by atoms with Crippen molar-refractivity contribution in [1.29, 1.82) is 0 Å². The molecule has 232 valence electrons. The number of benzene rings is 2. The van der Waals surface area contributed by atoms with Crippen molar-refractivity contribution in [1.82, 2.24) is 0 Å². The van der Waals surface area contributed by atoms with Crippen LogP contribution in [0.2, 0.25) is 0 Å². The van der Waals surface area contributed by atoms with Crippen molar-refractivity contribution >= 4 is 14.7 Å². The van der Waals surface area contributed by atoms with Gasteiger partial charge in [0.15, 0.2) is 0 Å². The smallest absolute Gasteiger partial charge is 1.00 e. The van der Waals surface area contributed by atoms with Crippen LogP contribution in [0.25, 0.3) is 0 Å². The molecule has 42 heavy (non-hydrogen) atoms. The molecule has 0 radical (unpaired) electrons. The van der Waals surface area contributed by atoms with Crippen molar-refractivity contribution in [2.24, 2.45) is 5.92 Å². The van der Waals surface area contributed by atoms with E-state index in [1.165, 1.54) is 120 Å². The minimum absolute atomic E-state index is 0. The summed E-state index contributed by atoms with van der Waals surface area (Å²) in [6.07, 6.45) is 29.3. The molecule has 0 saturated carbocycles. The van der Waals surface area contributed by atoms with Gasteiger partial charge in [-0.15, -0.1) is 6.92 Å². The number of allylic oxidation sites excluding steroid dienone is 4. The molecular weight excluding hydrogens is 627 g/mol. The molecule has 2 aromatic rings. The Hall–Kier alpha value is -0.279. The van der Waals surface area contributed by atoms with E-state index in [1.54, 1.807) is 16.0 Å². The maximum absolute atomic E-state index is 3.95. The van der Waals surface area contributed by atoms with E-state index < -0.39 is 9.52 Å². The molecule has 0 fully saturated rings. The molecule has 0 bridgehead atoms. The molecule has 0 nitrogen and oxygen atoms in total. The van der Waals surface area contributed by atoms with Crippen molar-refractivity contribution in [2.45, 2.75) is 129 Å². The predicted octanol–water partition coefficient (Wildman–Crippen LogP) is 1.02. The van der Waals surface area contributed by atoms with Gasteiger partial charge in [0.1, 0.15) is 0 Å².